The molecule has 0 heterocycles. The molecule has 2 N–H and O–H groups in total. The van der Waals surface area contributed by atoms with Gasteiger partial charge in [0.1, 0.15) is 17.1 Å². The summed E-state index contributed by atoms with van der Waals surface area (Å²) in [6, 6.07) is 2.44. The molecule has 0 aliphatic heterocycles. The highest BCUT2D eigenvalue weighted by Crippen LogP contribution is 2.27. The van der Waals surface area contributed by atoms with Crippen LogP contribution in [0.4, 0.5) is 10.1 Å². The second-order valence-corrected chi connectivity index (χ2v) is 2.53. The maximum absolute atomic E-state index is 13.0. The monoisotopic (exact) mass is 199 g/mol. The molecule has 5 heteroatoms. The highest BCUT2D eigenvalue weighted by atomic mass is 19.1. The lowest BCUT2D eigenvalue weighted by molar-refractivity contribution is 0.0598. The number of methoxy groups -OCH3 is 2. The van der Waals surface area contributed by atoms with Gasteiger partial charge in [-0.2, -0.15) is 0 Å². The van der Waals surface area contributed by atoms with Crippen molar-refractivity contribution in [3.63, 3.8) is 0 Å². The van der Waals surface area contributed by atoms with Crippen LogP contribution in [-0.4, -0.2) is 20.2 Å². The van der Waals surface area contributed by atoms with Crippen molar-refractivity contribution in [3.05, 3.63) is 23.5 Å². The molecule has 1 rings (SSSR count). The van der Waals surface area contributed by atoms with Crippen molar-refractivity contribution in [2.45, 2.75) is 0 Å². The van der Waals surface area contributed by atoms with Crippen LogP contribution >= 0.6 is 0 Å². The zero-order chi connectivity index (χ0) is 10.7. The number of anilines is 1. The van der Waals surface area contributed by atoms with E-state index in [2.05, 4.69) is 4.74 Å². The first-order valence-corrected chi connectivity index (χ1v) is 3.82. The Bertz CT molecular complexity index is 365. The fourth-order valence-electron chi connectivity index (χ4n) is 1.06. The van der Waals surface area contributed by atoms with Crippen LogP contribution in [0.5, 0.6) is 5.75 Å². The van der Waals surface area contributed by atoms with Crippen LogP contribution in [0.1, 0.15) is 10.4 Å². The van der Waals surface area contributed by atoms with Crippen LogP contribution in [0.25, 0.3) is 0 Å². The van der Waals surface area contributed by atoms with E-state index in [1.165, 1.54) is 20.3 Å². The quantitative estimate of drug-likeness (QED) is 0.574. The predicted molar refractivity (Wildman–Crippen MR) is 48.7 cm³/mol. The summed E-state index contributed by atoms with van der Waals surface area (Å²) in [5.41, 5.74) is 5.02. The maximum atomic E-state index is 13.0. The van der Waals surface area contributed by atoms with Crippen LogP contribution in [0.15, 0.2) is 12.1 Å². The minimum atomic E-state index is -0.723. The number of hydrogen-bond donors (Lipinski definition) is 1. The number of carbonyl (C=O) groups is 1. The smallest absolute Gasteiger partial charge is 0.343 e. The Kier molecular flexibility index (Phi) is 2.91. The fraction of sp³-hybridized carbons (Fsp3) is 0.222. The molecule has 0 fully saturated rings. The summed E-state index contributed by atoms with van der Waals surface area (Å²) in [6.07, 6.45) is 0. The minimum Gasteiger partial charge on any atom is -0.496 e. The van der Waals surface area contributed by atoms with E-state index in [0.29, 0.717) is 0 Å². The SMILES string of the molecule is COC(=O)c1c(OC)ccc(F)c1N. The summed E-state index contributed by atoms with van der Waals surface area (Å²) in [5, 5.41) is 0. The first-order valence-electron chi connectivity index (χ1n) is 3.82. The average Bonchev–Trinajstić information content (AvgIpc) is 2.20. The zero-order valence-corrected chi connectivity index (χ0v) is 7.83. The molecule has 0 aromatic heterocycles. The van der Waals surface area contributed by atoms with E-state index in [1.807, 2.05) is 0 Å². The van der Waals surface area contributed by atoms with Crippen LogP contribution in [-0.2, 0) is 4.74 Å². The third-order valence-electron chi connectivity index (χ3n) is 1.76. The molecule has 1 aromatic carbocycles. The molecule has 14 heavy (non-hydrogen) atoms. The molecule has 0 saturated carbocycles. The largest absolute Gasteiger partial charge is 0.496 e. The molecular formula is C9H10FNO3. The van der Waals surface area contributed by atoms with Crippen LogP contribution in [0, 0.1) is 5.82 Å². The molecule has 0 radical (unpaired) electrons. The number of ether oxygens (including phenoxy) is 2. The lowest BCUT2D eigenvalue weighted by Crippen LogP contribution is -2.09. The van der Waals surface area contributed by atoms with Gasteiger partial charge in [0, 0.05) is 0 Å². The molecule has 4 nitrogen and oxygen atoms in total. The van der Waals surface area contributed by atoms with Gasteiger partial charge in [0.25, 0.3) is 0 Å². The van der Waals surface area contributed by atoms with Crippen molar-refractivity contribution >= 4 is 11.7 Å². The van der Waals surface area contributed by atoms with E-state index in [9.17, 15) is 9.18 Å². The van der Waals surface area contributed by atoms with Crippen LogP contribution in [0.3, 0.4) is 0 Å². The van der Waals surface area contributed by atoms with E-state index in [1.54, 1.807) is 0 Å². The topological polar surface area (TPSA) is 61.5 Å². The maximum Gasteiger partial charge on any atom is 0.343 e. The van der Waals surface area contributed by atoms with Crippen LogP contribution in [0.2, 0.25) is 0 Å². The summed E-state index contributed by atoms with van der Waals surface area (Å²) in [4.78, 5) is 11.2. The average molecular weight is 199 g/mol. The standard InChI is InChI=1S/C9H10FNO3/c1-13-6-4-3-5(10)8(11)7(6)9(12)14-2/h3-4H,11H2,1-2H3. The second-order valence-electron chi connectivity index (χ2n) is 2.53. The predicted octanol–water partition coefficient (Wildman–Crippen LogP) is 1.20. The fourth-order valence-corrected chi connectivity index (χ4v) is 1.06. The molecule has 0 amide bonds. The van der Waals surface area contributed by atoms with E-state index in [4.69, 9.17) is 10.5 Å². The molecular weight excluding hydrogens is 189 g/mol. The Hall–Kier alpha value is -1.78. The summed E-state index contributed by atoms with van der Waals surface area (Å²) in [7, 11) is 2.55. The third kappa shape index (κ3) is 1.61. The van der Waals surface area contributed by atoms with E-state index >= 15 is 0 Å². The number of nitrogen functional groups attached to an aromatic ring is 1. The number of nitrogens with two attached hydrogens (primary N) is 1. The number of carbonyl (C=O) groups excluding carboxylic acids is 1. The van der Waals surface area contributed by atoms with Crippen molar-refractivity contribution in [1.82, 2.24) is 0 Å². The second kappa shape index (κ2) is 3.95. The van der Waals surface area contributed by atoms with Gasteiger partial charge in [-0.3, -0.25) is 0 Å². The van der Waals surface area contributed by atoms with E-state index in [-0.39, 0.29) is 17.0 Å². The Morgan fingerprint density at radius 1 is 1.43 bits per heavy atom. The number of esters is 1. The number of hydrogen-bond acceptors (Lipinski definition) is 4. The normalized spacial score (nSPS) is 9.64. The lowest BCUT2D eigenvalue weighted by Gasteiger charge is -2.09. The molecule has 0 unspecified atom stereocenters. The molecule has 0 aliphatic carbocycles. The molecule has 76 valence electrons. The number of rotatable bonds is 2. The van der Waals surface area contributed by atoms with Gasteiger partial charge in [0.15, 0.2) is 0 Å². The number of benzene rings is 1. The third-order valence-corrected chi connectivity index (χ3v) is 1.76. The molecule has 1 aromatic rings. The van der Waals surface area contributed by atoms with Gasteiger partial charge in [-0.05, 0) is 12.1 Å². The first kappa shape index (κ1) is 10.3. The Labute approximate surface area is 80.4 Å². The summed E-state index contributed by atoms with van der Waals surface area (Å²) in [5.74, 6) is -1.21. The van der Waals surface area contributed by atoms with E-state index in [0.717, 1.165) is 6.07 Å². The summed E-state index contributed by atoms with van der Waals surface area (Å²) in [6.45, 7) is 0. The van der Waals surface area contributed by atoms with Gasteiger partial charge in [-0.25, -0.2) is 9.18 Å². The molecule has 0 aliphatic rings. The van der Waals surface area contributed by atoms with E-state index < -0.39 is 11.8 Å². The number of halogens is 1. The Balaban J connectivity index is 3.35. The molecule has 0 atom stereocenters. The van der Waals surface area contributed by atoms with Gasteiger partial charge < -0.3 is 15.2 Å². The highest BCUT2D eigenvalue weighted by Gasteiger charge is 2.19. The van der Waals surface area contributed by atoms with Gasteiger partial charge in [-0.15, -0.1) is 0 Å². The minimum absolute atomic E-state index is 0.0880. The lowest BCUT2D eigenvalue weighted by atomic mass is 10.1. The summed E-state index contributed by atoms with van der Waals surface area (Å²) >= 11 is 0. The highest BCUT2D eigenvalue weighted by molar-refractivity contribution is 5.98. The van der Waals surface area contributed by atoms with Crippen molar-refractivity contribution in [2.24, 2.45) is 0 Å². The summed E-state index contributed by atoms with van der Waals surface area (Å²) < 4.78 is 22.3. The van der Waals surface area contributed by atoms with Crippen molar-refractivity contribution < 1.29 is 18.7 Å². The van der Waals surface area contributed by atoms with Gasteiger partial charge in [-0.1, -0.05) is 0 Å². The van der Waals surface area contributed by atoms with Gasteiger partial charge in [0.05, 0.1) is 19.9 Å². The molecule has 0 spiro atoms. The van der Waals surface area contributed by atoms with Crippen molar-refractivity contribution in [1.29, 1.82) is 0 Å². The first-order chi connectivity index (χ1) is 6.61. The van der Waals surface area contributed by atoms with Gasteiger partial charge >= 0.3 is 5.97 Å². The molecule has 0 saturated heterocycles. The Morgan fingerprint density at radius 3 is 2.57 bits per heavy atom. The van der Waals surface area contributed by atoms with Crippen LogP contribution < -0.4 is 10.5 Å². The van der Waals surface area contributed by atoms with Crippen molar-refractivity contribution in [2.75, 3.05) is 20.0 Å². The van der Waals surface area contributed by atoms with Crippen molar-refractivity contribution in [3.8, 4) is 5.75 Å². The Morgan fingerprint density at radius 2 is 2.07 bits per heavy atom. The van der Waals surface area contributed by atoms with Gasteiger partial charge in [0.2, 0.25) is 0 Å². The molecule has 0 bridgehead atoms. The zero-order valence-electron chi connectivity index (χ0n) is 7.83.